The van der Waals surface area contributed by atoms with Crippen molar-refractivity contribution in [3.05, 3.63) is 5.01 Å². The zero-order valence-corrected chi connectivity index (χ0v) is 11.3. The van der Waals surface area contributed by atoms with Crippen LogP contribution in [0, 0.1) is 6.92 Å². The Morgan fingerprint density at radius 1 is 1.65 bits per heavy atom. The van der Waals surface area contributed by atoms with E-state index >= 15 is 0 Å². The summed E-state index contributed by atoms with van der Waals surface area (Å²) in [6, 6.07) is 0. The molecular formula is C10H15N3O2S2. The second kappa shape index (κ2) is 6.32. The molecule has 0 radical (unpaired) electrons. The Morgan fingerprint density at radius 3 is 3.18 bits per heavy atom. The molecular weight excluding hydrogens is 258 g/mol. The van der Waals surface area contributed by atoms with Crippen molar-refractivity contribution in [2.45, 2.75) is 30.2 Å². The van der Waals surface area contributed by atoms with Gasteiger partial charge in [-0.25, -0.2) is 0 Å². The first kappa shape index (κ1) is 12.8. The molecule has 94 valence electrons. The van der Waals surface area contributed by atoms with Crippen molar-refractivity contribution in [3.8, 4) is 0 Å². The van der Waals surface area contributed by atoms with E-state index in [2.05, 4.69) is 15.5 Å². The van der Waals surface area contributed by atoms with E-state index in [-0.39, 0.29) is 12.0 Å². The molecule has 1 aromatic rings. The molecule has 1 aromatic heterocycles. The third kappa shape index (κ3) is 4.25. The van der Waals surface area contributed by atoms with Gasteiger partial charge in [0.05, 0.1) is 11.9 Å². The van der Waals surface area contributed by atoms with Crippen LogP contribution in [0.5, 0.6) is 0 Å². The SMILES string of the molecule is Cc1nnc(SCC(=O)NCC2CCCO2)s1. The first-order valence-corrected chi connectivity index (χ1v) is 7.35. The van der Waals surface area contributed by atoms with Crippen molar-refractivity contribution in [1.29, 1.82) is 0 Å². The molecule has 1 atom stereocenters. The first-order valence-electron chi connectivity index (χ1n) is 5.55. The van der Waals surface area contributed by atoms with Crippen molar-refractivity contribution >= 4 is 29.0 Å². The minimum absolute atomic E-state index is 0.0263. The minimum Gasteiger partial charge on any atom is -0.376 e. The summed E-state index contributed by atoms with van der Waals surface area (Å²) < 4.78 is 6.27. The lowest BCUT2D eigenvalue weighted by Crippen LogP contribution is -2.32. The number of hydrogen-bond acceptors (Lipinski definition) is 6. The molecule has 7 heteroatoms. The molecule has 1 amide bonds. The Balaban J connectivity index is 1.63. The van der Waals surface area contributed by atoms with Gasteiger partial charge in [-0.1, -0.05) is 23.1 Å². The molecule has 0 aromatic carbocycles. The first-order chi connectivity index (χ1) is 8.24. The van der Waals surface area contributed by atoms with Crippen LogP contribution >= 0.6 is 23.1 Å². The van der Waals surface area contributed by atoms with Gasteiger partial charge in [0.1, 0.15) is 5.01 Å². The summed E-state index contributed by atoms with van der Waals surface area (Å²) in [5, 5.41) is 11.6. The highest BCUT2D eigenvalue weighted by molar-refractivity contribution is 8.01. The summed E-state index contributed by atoms with van der Waals surface area (Å²) in [5.74, 6) is 0.416. The number of thioether (sulfide) groups is 1. The Kier molecular flexibility index (Phi) is 4.75. The number of aryl methyl sites for hydroxylation is 1. The molecule has 1 aliphatic rings. The predicted octanol–water partition coefficient (Wildman–Crippen LogP) is 1.23. The molecule has 1 N–H and O–H groups in total. The Hall–Kier alpha value is -0.660. The zero-order chi connectivity index (χ0) is 12.1. The molecule has 1 fully saturated rings. The number of amides is 1. The molecule has 1 saturated heterocycles. The number of nitrogens with zero attached hydrogens (tertiary/aromatic N) is 2. The quantitative estimate of drug-likeness (QED) is 0.818. The van der Waals surface area contributed by atoms with Gasteiger partial charge in [0.15, 0.2) is 4.34 Å². The minimum atomic E-state index is 0.0263. The van der Waals surface area contributed by atoms with Crippen LogP contribution in [-0.4, -0.2) is 41.1 Å². The van der Waals surface area contributed by atoms with Crippen molar-refractivity contribution in [1.82, 2.24) is 15.5 Å². The molecule has 5 nitrogen and oxygen atoms in total. The van der Waals surface area contributed by atoms with Crippen LogP contribution in [0.3, 0.4) is 0 Å². The summed E-state index contributed by atoms with van der Waals surface area (Å²) in [4.78, 5) is 11.5. The normalized spacial score (nSPS) is 19.5. The molecule has 1 unspecified atom stereocenters. The fourth-order valence-corrected chi connectivity index (χ4v) is 3.19. The van der Waals surface area contributed by atoms with Gasteiger partial charge in [-0.05, 0) is 19.8 Å². The monoisotopic (exact) mass is 273 g/mol. The summed E-state index contributed by atoms with van der Waals surface area (Å²) in [6.45, 7) is 3.34. The number of ether oxygens (including phenoxy) is 1. The largest absolute Gasteiger partial charge is 0.376 e. The smallest absolute Gasteiger partial charge is 0.230 e. The standard InChI is InChI=1S/C10H15N3O2S2/c1-7-12-13-10(17-7)16-6-9(14)11-5-8-3-2-4-15-8/h8H,2-6H2,1H3,(H,11,14). The summed E-state index contributed by atoms with van der Waals surface area (Å²) >= 11 is 2.93. The maximum Gasteiger partial charge on any atom is 0.230 e. The molecule has 2 rings (SSSR count). The van der Waals surface area contributed by atoms with E-state index in [1.54, 1.807) is 0 Å². The van der Waals surface area contributed by atoms with Gasteiger partial charge in [0.25, 0.3) is 0 Å². The van der Waals surface area contributed by atoms with Crippen LogP contribution < -0.4 is 5.32 Å². The topological polar surface area (TPSA) is 64.1 Å². The van der Waals surface area contributed by atoms with Crippen LogP contribution in [-0.2, 0) is 9.53 Å². The van der Waals surface area contributed by atoms with Gasteiger partial charge in [-0.15, -0.1) is 10.2 Å². The van der Waals surface area contributed by atoms with Gasteiger partial charge >= 0.3 is 0 Å². The van der Waals surface area contributed by atoms with E-state index in [1.165, 1.54) is 23.1 Å². The van der Waals surface area contributed by atoms with E-state index in [0.717, 1.165) is 28.8 Å². The maximum absolute atomic E-state index is 11.5. The van der Waals surface area contributed by atoms with E-state index < -0.39 is 0 Å². The second-order valence-electron chi connectivity index (χ2n) is 3.81. The third-order valence-electron chi connectivity index (χ3n) is 2.39. The average Bonchev–Trinajstić information content (AvgIpc) is 2.95. The molecule has 17 heavy (non-hydrogen) atoms. The van der Waals surface area contributed by atoms with Crippen molar-refractivity contribution < 1.29 is 9.53 Å². The van der Waals surface area contributed by atoms with Crippen LogP contribution in [0.15, 0.2) is 4.34 Å². The van der Waals surface area contributed by atoms with Gasteiger partial charge in [0.2, 0.25) is 5.91 Å². The number of carbonyl (C=O) groups is 1. The summed E-state index contributed by atoms with van der Waals surface area (Å²) in [6.07, 6.45) is 2.34. The summed E-state index contributed by atoms with van der Waals surface area (Å²) in [7, 11) is 0. The van der Waals surface area contributed by atoms with E-state index in [4.69, 9.17) is 4.74 Å². The fourth-order valence-electron chi connectivity index (χ4n) is 1.55. The van der Waals surface area contributed by atoms with Crippen molar-refractivity contribution in [2.24, 2.45) is 0 Å². The Morgan fingerprint density at radius 2 is 2.53 bits per heavy atom. The number of hydrogen-bond donors (Lipinski definition) is 1. The highest BCUT2D eigenvalue weighted by atomic mass is 32.2. The molecule has 0 spiro atoms. The average molecular weight is 273 g/mol. The fraction of sp³-hybridized carbons (Fsp3) is 0.700. The van der Waals surface area contributed by atoms with Crippen LogP contribution in [0.2, 0.25) is 0 Å². The molecule has 0 aliphatic carbocycles. The predicted molar refractivity (Wildman–Crippen MR) is 67.4 cm³/mol. The van der Waals surface area contributed by atoms with Gasteiger partial charge < -0.3 is 10.1 Å². The number of nitrogens with one attached hydrogen (secondary N) is 1. The highest BCUT2D eigenvalue weighted by Crippen LogP contribution is 2.21. The molecule has 0 saturated carbocycles. The van der Waals surface area contributed by atoms with Crippen molar-refractivity contribution in [2.75, 3.05) is 18.9 Å². The Bertz CT molecular complexity index is 377. The lowest BCUT2D eigenvalue weighted by atomic mass is 10.2. The van der Waals surface area contributed by atoms with E-state index in [0.29, 0.717) is 12.3 Å². The summed E-state index contributed by atoms with van der Waals surface area (Å²) in [5.41, 5.74) is 0. The van der Waals surface area contributed by atoms with Crippen molar-refractivity contribution in [3.63, 3.8) is 0 Å². The third-order valence-corrected chi connectivity index (χ3v) is 4.36. The molecule has 1 aliphatic heterocycles. The maximum atomic E-state index is 11.5. The van der Waals surface area contributed by atoms with Crippen LogP contribution in [0.1, 0.15) is 17.8 Å². The van der Waals surface area contributed by atoms with E-state index in [1.807, 2.05) is 6.92 Å². The van der Waals surface area contributed by atoms with Gasteiger partial charge in [-0.3, -0.25) is 4.79 Å². The number of rotatable bonds is 5. The van der Waals surface area contributed by atoms with Crippen LogP contribution in [0.25, 0.3) is 0 Å². The molecule has 2 heterocycles. The number of aromatic nitrogens is 2. The zero-order valence-electron chi connectivity index (χ0n) is 9.64. The number of carbonyl (C=O) groups excluding carboxylic acids is 1. The van der Waals surface area contributed by atoms with Gasteiger partial charge in [-0.2, -0.15) is 0 Å². The highest BCUT2D eigenvalue weighted by Gasteiger charge is 2.16. The lowest BCUT2D eigenvalue weighted by Gasteiger charge is -2.09. The molecule has 0 bridgehead atoms. The second-order valence-corrected chi connectivity index (χ2v) is 6.22. The lowest BCUT2D eigenvalue weighted by molar-refractivity contribution is -0.119. The van der Waals surface area contributed by atoms with Gasteiger partial charge in [0, 0.05) is 13.2 Å². The van der Waals surface area contributed by atoms with E-state index in [9.17, 15) is 4.79 Å². The van der Waals surface area contributed by atoms with Crippen LogP contribution in [0.4, 0.5) is 0 Å². The Labute approximate surface area is 108 Å².